The summed E-state index contributed by atoms with van der Waals surface area (Å²) >= 11 is 0. The molecule has 1 aliphatic rings. The second-order valence-corrected chi connectivity index (χ2v) is 4.22. The van der Waals surface area contributed by atoms with Crippen LogP contribution < -0.4 is 15.2 Å². The predicted molar refractivity (Wildman–Crippen MR) is 65.4 cm³/mol. The predicted octanol–water partition coefficient (Wildman–Crippen LogP) is 1.88. The zero-order chi connectivity index (χ0) is 12.3. The number of nitrogens with two attached hydrogens (primary N) is 1. The lowest BCUT2D eigenvalue weighted by Crippen LogP contribution is -2.25. The molecule has 0 saturated heterocycles. The van der Waals surface area contributed by atoms with Gasteiger partial charge in [0.15, 0.2) is 11.5 Å². The van der Waals surface area contributed by atoms with Gasteiger partial charge in [-0.3, -0.25) is 0 Å². The number of rotatable bonds is 3. The van der Waals surface area contributed by atoms with Crippen LogP contribution in [0.5, 0.6) is 11.5 Å². The van der Waals surface area contributed by atoms with E-state index in [1.165, 1.54) is 0 Å². The molecule has 1 heterocycles. The van der Waals surface area contributed by atoms with E-state index in [1.807, 2.05) is 25.1 Å². The van der Waals surface area contributed by atoms with E-state index in [0.717, 1.165) is 23.5 Å². The van der Waals surface area contributed by atoms with Gasteiger partial charge >= 0.3 is 0 Å². The minimum atomic E-state index is -0.155. The first kappa shape index (κ1) is 12.2. The molecule has 2 unspecified atom stereocenters. The van der Waals surface area contributed by atoms with Crippen LogP contribution in [0.3, 0.4) is 0 Å². The SMILES string of the molecule is COC(C)C(N)c1ccc2c(c1)OCCCO2. The maximum Gasteiger partial charge on any atom is 0.161 e. The maximum atomic E-state index is 6.10. The normalized spacial score (nSPS) is 18.3. The van der Waals surface area contributed by atoms with E-state index in [-0.39, 0.29) is 12.1 Å². The van der Waals surface area contributed by atoms with E-state index in [2.05, 4.69) is 0 Å². The van der Waals surface area contributed by atoms with Crippen molar-refractivity contribution < 1.29 is 14.2 Å². The van der Waals surface area contributed by atoms with Crippen molar-refractivity contribution in [1.29, 1.82) is 0 Å². The van der Waals surface area contributed by atoms with Gasteiger partial charge in [0.25, 0.3) is 0 Å². The van der Waals surface area contributed by atoms with Crippen LogP contribution in [0.2, 0.25) is 0 Å². The van der Waals surface area contributed by atoms with Gasteiger partial charge in [0.1, 0.15) is 0 Å². The zero-order valence-corrected chi connectivity index (χ0v) is 10.3. The van der Waals surface area contributed by atoms with Crippen LogP contribution >= 0.6 is 0 Å². The Morgan fingerprint density at radius 3 is 2.65 bits per heavy atom. The molecule has 2 N–H and O–H groups in total. The van der Waals surface area contributed by atoms with E-state index in [9.17, 15) is 0 Å². The zero-order valence-electron chi connectivity index (χ0n) is 10.3. The first-order chi connectivity index (χ1) is 8.22. The van der Waals surface area contributed by atoms with Crippen LogP contribution in [0.15, 0.2) is 18.2 Å². The largest absolute Gasteiger partial charge is 0.490 e. The number of benzene rings is 1. The minimum absolute atomic E-state index is 0.0280. The fourth-order valence-electron chi connectivity index (χ4n) is 1.80. The Hall–Kier alpha value is -1.26. The maximum absolute atomic E-state index is 6.10. The van der Waals surface area contributed by atoms with Crippen LogP contribution in [0.25, 0.3) is 0 Å². The summed E-state index contributed by atoms with van der Waals surface area (Å²) in [7, 11) is 1.66. The summed E-state index contributed by atoms with van der Waals surface area (Å²) < 4.78 is 16.4. The van der Waals surface area contributed by atoms with Crippen molar-refractivity contribution in [2.24, 2.45) is 5.73 Å². The summed E-state index contributed by atoms with van der Waals surface area (Å²) in [5.41, 5.74) is 7.10. The first-order valence-corrected chi connectivity index (χ1v) is 5.90. The first-order valence-electron chi connectivity index (χ1n) is 5.90. The Kier molecular flexibility index (Phi) is 3.86. The molecule has 17 heavy (non-hydrogen) atoms. The Balaban J connectivity index is 2.23. The number of hydrogen-bond acceptors (Lipinski definition) is 4. The van der Waals surface area contributed by atoms with E-state index < -0.39 is 0 Å². The van der Waals surface area contributed by atoms with Crippen LogP contribution in [0.4, 0.5) is 0 Å². The highest BCUT2D eigenvalue weighted by Gasteiger charge is 2.17. The highest BCUT2D eigenvalue weighted by molar-refractivity contribution is 5.44. The summed E-state index contributed by atoms with van der Waals surface area (Å²) in [6, 6.07) is 5.67. The number of ether oxygens (including phenoxy) is 3. The summed E-state index contributed by atoms with van der Waals surface area (Å²) in [5, 5.41) is 0. The van der Waals surface area contributed by atoms with Gasteiger partial charge in [-0.05, 0) is 24.6 Å². The Labute approximate surface area is 102 Å². The van der Waals surface area contributed by atoms with Crippen molar-refractivity contribution in [3.05, 3.63) is 23.8 Å². The highest BCUT2D eigenvalue weighted by atomic mass is 16.5. The van der Waals surface area contributed by atoms with Gasteiger partial charge in [0.05, 0.1) is 25.4 Å². The second kappa shape index (κ2) is 5.38. The fourth-order valence-corrected chi connectivity index (χ4v) is 1.80. The van der Waals surface area contributed by atoms with E-state index in [0.29, 0.717) is 13.2 Å². The third-order valence-electron chi connectivity index (χ3n) is 3.03. The third-order valence-corrected chi connectivity index (χ3v) is 3.03. The van der Waals surface area contributed by atoms with Crippen LogP contribution in [0.1, 0.15) is 24.9 Å². The average molecular weight is 237 g/mol. The van der Waals surface area contributed by atoms with Gasteiger partial charge in [-0.2, -0.15) is 0 Å². The topological polar surface area (TPSA) is 53.7 Å². The van der Waals surface area contributed by atoms with Crippen molar-refractivity contribution in [2.45, 2.75) is 25.5 Å². The number of fused-ring (bicyclic) bond motifs is 1. The van der Waals surface area contributed by atoms with Gasteiger partial charge < -0.3 is 19.9 Å². The molecular formula is C13H19NO3. The lowest BCUT2D eigenvalue weighted by molar-refractivity contribution is 0.0956. The number of methoxy groups -OCH3 is 1. The van der Waals surface area contributed by atoms with Crippen LogP contribution in [-0.2, 0) is 4.74 Å². The highest BCUT2D eigenvalue weighted by Crippen LogP contribution is 2.32. The molecule has 0 bridgehead atoms. The van der Waals surface area contributed by atoms with Crippen molar-refractivity contribution in [3.63, 3.8) is 0 Å². The molecule has 2 rings (SSSR count). The van der Waals surface area contributed by atoms with E-state index in [4.69, 9.17) is 19.9 Å². The molecule has 1 aromatic rings. The summed E-state index contributed by atoms with van der Waals surface area (Å²) in [6.07, 6.45) is 0.879. The molecule has 1 aromatic carbocycles. The molecule has 1 aliphatic heterocycles. The summed E-state index contributed by atoms with van der Waals surface area (Å²) in [4.78, 5) is 0. The molecule has 4 nitrogen and oxygen atoms in total. The Morgan fingerprint density at radius 2 is 1.94 bits per heavy atom. The fraction of sp³-hybridized carbons (Fsp3) is 0.538. The summed E-state index contributed by atoms with van der Waals surface area (Å²) in [5.74, 6) is 1.57. The van der Waals surface area contributed by atoms with Crippen LogP contribution in [0, 0.1) is 0 Å². The van der Waals surface area contributed by atoms with Gasteiger partial charge in [-0.1, -0.05) is 6.07 Å². The van der Waals surface area contributed by atoms with Crippen molar-refractivity contribution >= 4 is 0 Å². The van der Waals surface area contributed by atoms with Crippen molar-refractivity contribution in [3.8, 4) is 11.5 Å². The molecule has 0 aromatic heterocycles. The molecule has 2 atom stereocenters. The summed E-state index contributed by atoms with van der Waals surface area (Å²) in [6.45, 7) is 3.34. The molecule has 0 saturated carbocycles. The van der Waals surface area contributed by atoms with Crippen molar-refractivity contribution in [1.82, 2.24) is 0 Å². The standard InChI is InChI=1S/C13H19NO3/c1-9(15-2)13(14)10-4-5-11-12(8-10)17-7-3-6-16-11/h4-5,8-9,13H,3,6-7,14H2,1-2H3. The van der Waals surface area contributed by atoms with Gasteiger partial charge in [-0.15, -0.1) is 0 Å². The third kappa shape index (κ3) is 2.70. The van der Waals surface area contributed by atoms with Gasteiger partial charge in [0.2, 0.25) is 0 Å². The molecule has 4 heteroatoms. The number of hydrogen-bond donors (Lipinski definition) is 1. The minimum Gasteiger partial charge on any atom is -0.490 e. The molecule has 0 aliphatic carbocycles. The van der Waals surface area contributed by atoms with Crippen molar-refractivity contribution in [2.75, 3.05) is 20.3 Å². The molecule has 0 fully saturated rings. The molecular weight excluding hydrogens is 218 g/mol. The lowest BCUT2D eigenvalue weighted by Gasteiger charge is -2.19. The Bertz CT molecular complexity index is 381. The Morgan fingerprint density at radius 1 is 1.24 bits per heavy atom. The smallest absolute Gasteiger partial charge is 0.161 e. The quantitative estimate of drug-likeness (QED) is 0.872. The molecule has 0 spiro atoms. The van der Waals surface area contributed by atoms with Crippen LogP contribution in [-0.4, -0.2) is 26.4 Å². The average Bonchev–Trinajstić information content (AvgIpc) is 2.61. The molecule has 94 valence electrons. The van der Waals surface area contributed by atoms with Gasteiger partial charge in [-0.25, -0.2) is 0 Å². The van der Waals surface area contributed by atoms with Gasteiger partial charge in [0, 0.05) is 13.5 Å². The van der Waals surface area contributed by atoms with E-state index >= 15 is 0 Å². The molecule has 0 amide bonds. The second-order valence-electron chi connectivity index (χ2n) is 4.22. The monoisotopic (exact) mass is 237 g/mol. The van der Waals surface area contributed by atoms with E-state index in [1.54, 1.807) is 7.11 Å². The molecule has 0 radical (unpaired) electrons. The lowest BCUT2D eigenvalue weighted by atomic mass is 10.0.